The zero-order valence-electron chi connectivity index (χ0n) is 10.3. The SMILES string of the molecule is O=C(Nc1ccccc1)N1CC(O)CC(C(F)F)C1. The van der Waals surface area contributed by atoms with Crippen LogP contribution in [0.1, 0.15) is 6.42 Å². The van der Waals surface area contributed by atoms with Gasteiger partial charge < -0.3 is 15.3 Å². The fraction of sp³-hybridized carbons (Fsp3) is 0.462. The second kappa shape index (κ2) is 5.97. The Kier molecular flexibility index (Phi) is 4.31. The van der Waals surface area contributed by atoms with E-state index in [0.29, 0.717) is 5.69 Å². The molecule has 4 nitrogen and oxygen atoms in total. The molecule has 0 radical (unpaired) electrons. The number of amides is 2. The lowest BCUT2D eigenvalue weighted by Gasteiger charge is -2.35. The molecule has 1 aliphatic heterocycles. The lowest BCUT2D eigenvalue weighted by molar-refractivity contribution is -0.0114. The Bertz CT molecular complexity index is 428. The molecular weight excluding hydrogens is 254 g/mol. The summed E-state index contributed by atoms with van der Waals surface area (Å²) in [7, 11) is 0. The van der Waals surface area contributed by atoms with Crippen LogP contribution >= 0.6 is 0 Å². The number of β-amino-alcohol motifs (C(OH)–C–C–N with tert-alkyl or cyclic N) is 1. The summed E-state index contributed by atoms with van der Waals surface area (Å²) in [5.41, 5.74) is 0.598. The molecule has 1 aliphatic rings. The maximum absolute atomic E-state index is 12.7. The van der Waals surface area contributed by atoms with Crippen molar-refractivity contribution < 1.29 is 18.7 Å². The van der Waals surface area contributed by atoms with E-state index in [1.165, 1.54) is 4.90 Å². The fourth-order valence-corrected chi connectivity index (χ4v) is 2.18. The smallest absolute Gasteiger partial charge is 0.321 e. The lowest BCUT2D eigenvalue weighted by Crippen LogP contribution is -2.49. The van der Waals surface area contributed by atoms with Gasteiger partial charge >= 0.3 is 6.03 Å². The first-order chi connectivity index (χ1) is 9.06. The topological polar surface area (TPSA) is 52.6 Å². The van der Waals surface area contributed by atoms with Crippen LogP contribution in [-0.4, -0.2) is 41.7 Å². The van der Waals surface area contributed by atoms with Gasteiger partial charge in [-0.05, 0) is 18.6 Å². The highest BCUT2D eigenvalue weighted by Gasteiger charge is 2.33. The van der Waals surface area contributed by atoms with Gasteiger partial charge in [0.15, 0.2) is 0 Å². The zero-order chi connectivity index (χ0) is 13.8. The Morgan fingerprint density at radius 1 is 1.32 bits per heavy atom. The summed E-state index contributed by atoms with van der Waals surface area (Å²) in [6.07, 6.45) is -3.39. The average Bonchev–Trinajstić information content (AvgIpc) is 2.39. The van der Waals surface area contributed by atoms with Crippen LogP contribution in [0.5, 0.6) is 0 Å². The van der Waals surface area contributed by atoms with E-state index < -0.39 is 24.5 Å². The summed E-state index contributed by atoms with van der Waals surface area (Å²) in [4.78, 5) is 13.2. The van der Waals surface area contributed by atoms with E-state index in [1.807, 2.05) is 6.07 Å². The van der Waals surface area contributed by atoms with E-state index in [4.69, 9.17) is 0 Å². The van der Waals surface area contributed by atoms with Crippen LogP contribution in [0.25, 0.3) is 0 Å². The number of carbonyl (C=O) groups excluding carboxylic acids is 1. The van der Waals surface area contributed by atoms with Crippen molar-refractivity contribution in [3.05, 3.63) is 30.3 Å². The maximum atomic E-state index is 12.7. The van der Waals surface area contributed by atoms with E-state index in [9.17, 15) is 18.7 Å². The molecular formula is C13H16F2N2O2. The largest absolute Gasteiger partial charge is 0.391 e. The van der Waals surface area contributed by atoms with Gasteiger partial charge in [0.25, 0.3) is 0 Å². The number of carbonyl (C=O) groups is 1. The number of hydrogen-bond acceptors (Lipinski definition) is 2. The minimum absolute atomic E-state index is 0.0343. The van der Waals surface area contributed by atoms with E-state index in [1.54, 1.807) is 24.3 Å². The highest BCUT2D eigenvalue weighted by atomic mass is 19.3. The highest BCUT2D eigenvalue weighted by Crippen LogP contribution is 2.23. The van der Waals surface area contributed by atoms with Crippen molar-refractivity contribution in [1.29, 1.82) is 0 Å². The molecule has 0 spiro atoms. The second-order valence-electron chi connectivity index (χ2n) is 4.69. The minimum Gasteiger partial charge on any atom is -0.391 e. The Morgan fingerprint density at radius 2 is 2.00 bits per heavy atom. The molecule has 1 fully saturated rings. The molecule has 1 aromatic carbocycles. The van der Waals surface area contributed by atoms with Gasteiger partial charge in [-0.2, -0.15) is 0 Å². The number of benzene rings is 1. The molecule has 0 bridgehead atoms. The van der Waals surface area contributed by atoms with Gasteiger partial charge in [-0.1, -0.05) is 18.2 Å². The van der Waals surface area contributed by atoms with Crippen molar-refractivity contribution in [2.24, 2.45) is 5.92 Å². The van der Waals surface area contributed by atoms with Crippen molar-refractivity contribution in [1.82, 2.24) is 4.90 Å². The first-order valence-electron chi connectivity index (χ1n) is 6.13. The third-order valence-electron chi connectivity index (χ3n) is 3.13. The summed E-state index contributed by atoms with van der Waals surface area (Å²) in [5, 5.41) is 12.2. The van der Waals surface area contributed by atoms with Gasteiger partial charge in [0.1, 0.15) is 0 Å². The highest BCUT2D eigenvalue weighted by molar-refractivity contribution is 5.89. The molecule has 0 saturated carbocycles. The molecule has 19 heavy (non-hydrogen) atoms. The van der Waals surface area contributed by atoms with Crippen LogP contribution in [0, 0.1) is 5.92 Å². The van der Waals surface area contributed by atoms with Crippen LogP contribution in [0.15, 0.2) is 30.3 Å². The molecule has 2 atom stereocenters. The first-order valence-corrected chi connectivity index (χ1v) is 6.13. The van der Waals surface area contributed by atoms with Crippen LogP contribution in [-0.2, 0) is 0 Å². The second-order valence-corrected chi connectivity index (χ2v) is 4.69. The summed E-state index contributed by atoms with van der Waals surface area (Å²) in [6.45, 7) is 0.0509. The van der Waals surface area contributed by atoms with Crippen molar-refractivity contribution in [2.75, 3.05) is 18.4 Å². The number of nitrogens with one attached hydrogen (secondary N) is 1. The van der Waals surface area contributed by atoms with E-state index in [-0.39, 0.29) is 19.5 Å². The Hall–Kier alpha value is -1.69. The zero-order valence-corrected chi connectivity index (χ0v) is 10.3. The number of nitrogens with zero attached hydrogens (tertiary/aromatic N) is 1. The van der Waals surface area contributed by atoms with Crippen LogP contribution in [0.2, 0.25) is 0 Å². The summed E-state index contributed by atoms with van der Waals surface area (Å²) in [6, 6.07) is 8.31. The Balaban J connectivity index is 1.98. The van der Waals surface area contributed by atoms with E-state index in [0.717, 1.165) is 0 Å². The quantitative estimate of drug-likeness (QED) is 0.865. The van der Waals surface area contributed by atoms with E-state index >= 15 is 0 Å². The molecule has 2 unspecified atom stereocenters. The molecule has 0 aliphatic carbocycles. The molecule has 2 amide bonds. The summed E-state index contributed by atoms with van der Waals surface area (Å²) in [5.74, 6) is -0.967. The molecule has 2 N–H and O–H groups in total. The maximum Gasteiger partial charge on any atom is 0.321 e. The number of halogens is 2. The number of hydrogen-bond donors (Lipinski definition) is 2. The lowest BCUT2D eigenvalue weighted by atomic mass is 9.97. The van der Waals surface area contributed by atoms with Crippen molar-refractivity contribution in [2.45, 2.75) is 19.0 Å². The number of aliphatic hydroxyl groups excluding tert-OH is 1. The first kappa shape index (κ1) is 13.7. The molecule has 6 heteroatoms. The van der Waals surface area contributed by atoms with Gasteiger partial charge in [-0.25, -0.2) is 13.6 Å². The predicted octanol–water partition coefficient (Wildman–Crippen LogP) is 2.17. The number of rotatable bonds is 2. The minimum atomic E-state index is -2.53. The van der Waals surface area contributed by atoms with Gasteiger partial charge in [-0.15, -0.1) is 0 Å². The van der Waals surface area contributed by atoms with Gasteiger partial charge in [-0.3, -0.25) is 0 Å². The number of alkyl halides is 2. The molecule has 104 valence electrons. The molecule has 0 aromatic heterocycles. The van der Waals surface area contributed by atoms with Gasteiger partial charge in [0.05, 0.1) is 6.10 Å². The van der Waals surface area contributed by atoms with Crippen LogP contribution < -0.4 is 5.32 Å². The van der Waals surface area contributed by atoms with Crippen LogP contribution in [0.3, 0.4) is 0 Å². The molecule has 2 rings (SSSR count). The standard InChI is InChI=1S/C13H16F2N2O2/c14-12(15)9-6-11(18)8-17(7-9)13(19)16-10-4-2-1-3-5-10/h1-5,9,11-12,18H,6-8H2,(H,16,19). The molecule has 1 aromatic rings. The predicted molar refractivity (Wildman–Crippen MR) is 67.2 cm³/mol. The summed E-state index contributed by atoms with van der Waals surface area (Å²) < 4.78 is 25.4. The normalized spacial score (nSPS) is 23.5. The molecule has 1 saturated heterocycles. The van der Waals surface area contributed by atoms with Gasteiger partial charge in [0, 0.05) is 24.7 Å². The van der Waals surface area contributed by atoms with Crippen molar-refractivity contribution in [3.63, 3.8) is 0 Å². The Labute approximate surface area is 110 Å². The third-order valence-corrected chi connectivity index (χ3v) is 3.13. The third kappa shape index (κ3) is 3.64. The fourth-order valence-electron chi connectivity index (χ4n) is 2.18. The number of urea groups is 1. The van der Waals surface area contributed by atoms with E-state index in [2.05, 4.69) is 5.32 Å². The summed E-state index contributed by atoms with van der Waals surface area (Å²) >= 11 is 0. The van der Waals surface area contributed by atoms with Crippen molar-refractivity contribution in [3.8, 4) is 0 Å². The Morgan fingerprint density at radius 3 is 2.63 bits per heavy atom. The number of aliphatic hydroxyl groups is 1. The number of piperidine rings is 1. The average molecular weight is 270 g/mol. The number of para-hydroxylation sites is 1. The molecule has 1 heterocycles. The number of likely N-dealkylation sites (tertiary alicyclic amines) is 1. The monoisotopic (exact) mass is 270 g/mol. The number of anilines is 1. The van der Waals surface area contributed by atoms with Gasteiger partial charge in [0.2, 0.25) is 6.43 Å². The van der Waals surface area contributed by atoms with Crippen molar-refractivity contribution >= 4 is 11.7 Å². The van der Waals surface area contributed by atoms with Crippen LogP contribution in [0.4, 0.5) is 19.3 Å².